The van der Waals surface area contributed by atoms with Crippen LogP contribution in [0.5, 0.6) is 0 Å². The molecule has 0 radical (unpaired) electrons. The van der Waals surface area contributed by atoms with Gasteiger partial charge in [0.15, 0.2) is 0 Å². The number of carboxylic acids is 1. The molecule has 0 fully saturated rings. The molecule has 7 heteroatoms. The first-order chi connectivity index (χ1) is 8.45. The van der Waals surface area contributed by atoms with E-state index in [1.54, 1.807) is 19.9 Å². The van der Waals surface area contributed by atoms with Crippen molar-refractivity contribution in [1.29, 1.82) is 0 Å². The minimum Gasteiger partial charge on any atom is -0.480 e. The number of aliphatic carboxylic acids is 1. The van der Waals surface area contributed by atoms with Crippen molar-refractivity contribution >= 4 is 27.5 Å². The third kappa shape index (κ3) is 1.86. The molecule has 0 aliphatic carbocycles. The molecule has 1 unspecified atom stereocenters. The van der Waals surface area contributed by atoms with Crippen LogP contribution in [0.2, 0.25) is 0 Å². The molecule has 2 aromatic heterocycles. The number of thiophene rings is 1. The summed E-state index contributed by atoms with van der Waals surface area (Å²) in [4.78, 5) is 35.2. The predicted octanol–water partition coefficient (Wildman–Crippen LogP) is 1.36. The summed E-state index contributed by atoms with van der Waals surface area (Å²) < 4.78 is 5.87. The minimum atomic E-state index is -1.13. The molecular weight excluding hydrogens is 258 g/mol. The van der Waals surface area contributed by atoms with Crippen LogP contribution in [0.15, 0.2) is 20.1 Å². The van der Waals surface area contributed by atoms with Gasteiger partial charge in [-0.3, -0.25) is 4.57 Å². The van der Waals surface area contributed by atoms with Crippen molar-refractivity contribution in [1.82, 2.24) is 4.57 Å². The highest BCUT2D eigenvalue weighted by Crippen LogP contribution is 2.23. The lowest BCUT2D eigenvalue weighted by Crippen LogP contribution is -2.31. The Balaban J connectivity index is 2.89. The fourth-order valence-electron chi connectivity index (χ4n) is 1.86. The summed E-state index contributed by atoms with van der Waals surface area (Å²) in [7, 11) is 0. The number of aryl methyl sites for hydroxylation is 1. The molecule has 2 heterocycles. The smallest absolute Gasteiger partial charge is 0.423 e. The van der Waals surface area contributed by atoms with E-state index in [4.69, 9.17) is 5.11 Å². The average molecular weight is 269 g/mol. The monoisotopic (exact) mass is 269 g/mol. The van der Waals surface area contributed by atoms with E-state index in [-0.39, 0.29) is 11.1 Å². The number of nitrogens with zero attached hydrogens (tertiary/aromatic N) is 1. The lowest BCUT2D eigenvalue weighted by Gasteiger charge is -2.13. The van der Waals surface area contributed by atoms with Crippen LogP contribution in [0, 0.1) is 6.92 Å². The van der Waals surface area contributed by atoms with Crippen LogP contribution < -0.4 is 11.4 Å². The third-order valence-electron chi connectivity index (χ3n) is 2.64. The Morgan fingerprint density at radius 2 is 2.22 bits per heavy atom. The highest BCUT2D eigenvalue weighted by Gasteiger charge is 2.23. The van der Waals surface area contributed by atoms with Gasteiger partial charge in [0.2, 0.25) is 0 Å². The van der Waals surface area contributed by atoms with E-state index in [1.165, 1.54) is 11.3 Å². The number of rotatable bonds is 3. The van der Waals surface area contributed by atoms with Crippen molar-refractivity contribution in [3.05, 3.63) is 31.9 Å². The molecule has 6 nitrogen and oxygen atoms in total. The van der Waals surface area contributed by atoms with Gasteiger partial charge in [-0.05, 0) is 19.4 Å². The zero-order chi connectivity index (χ0) is 13.4. The first-order valence-electron chi connectivity index (χ1n) is 5.34. The van der Waals surface area contributed by atoms with Crippen molar-refractivity contribution in [3.63, 3.8) is 0 Å². The Kier molecular flexibility index (Phi) is 3.08. The zero-order valence-corrected chi connectivity index (χ0v) is 10.6. The van der Waals surface area contributed by atoms with Crippen molar-refractivity contribution in [2.75, 3.05) is 0 Å². The second kappa shape index (κ2) is 4.41. The Hall–Kier alpha value is -1.89. The van der Waals surface area contributed by atoms with E-state index in [1.807, 2.05) is 0 Å². The zero-order valence-electron chi connectivity index (χ0n) is 9.80. The maximum absolute atomic E-state index is 11.7. The normalized spacial score (nSPS) is 12.8. The highest BCUT2D eigenvalue weighted by atomic mass is 32.1. The van der Waals surface area contributed by atoms with Crippen molar-refractivity contribution in [2.24, 2.45) is 0 Å². The molecule has 0 spiro atoms. The fraction of sp³-hybridized carbons (Fsp3) is 0.364. The number of hydrogen-bond acceptors (Lipinski definition) is 5. The van der Waals surface area contributed by atoms with Gasteiger partial charge >= 0.3 is 17.4 Å². The van der Waals surface area contributed by atoms with Gasteiger partial charge < -0.3 is 9.52 Å². The molecule has 0 aromatic carbocycles. The van der Waals surface area contributed by atoms with E-state index in [0.717, 1.165) is 9.44 Å². The first-order valence-corrected chi connectivity index (χ1v) is 6.16. The van der Waals surface area contributed by atoms with Crippen LogP contribution in [0.1, 0.15) is 24.3 Å². The van der Waals surface area contributed by atoms with Gasteiger partial charge in [-0.25, -0.2) is 14.4 Å². The van der Waals surface area contributed by atoms with Crippen LogP contribution in [-0.4, -0.2) is 15.6 Å². The van der Waals surface area contributed by atoms with E-state index >= 15 is 0 Å². The molecule has 0 aliphatic rings. The third-order valence-corrected chi connectivity index (χ3v) is 3.66. The van der Waals surface area contributed by atoms with Crippen LogP contribution in [0.4, 0.5) is 0 Å². The topological polar surface area (TPSA) is 89.5 Å². The number of aromatic nitrogens is 1. The summed E-state index contributed by atoms with van der Waals surface area (Å²) in [6, 6.07) is 0.600. The van der Waals surface area contributed by atoms with E-state index in [9.17, 15) is 14.4 Å². The SMILES string of the molecule is CCC(C(=O)O)n1c(=O)oc(=O)c2sc(C)cc21. The molecule has 2 rings (SSSR count). The summed E-state index contributed by atoms with van der Waals surface area (Å²) >= 11 is 1.18. The van der Waals surface area contributed by atoms with Crippen molar-refractivity contribution in [3.8, 4) is 0 Å². The lowest BCUT2D eigenvalue weighted by atomic mass is 10.2. The Bertz CT molecular complexity index is 723. The van der Waals surface area contributed by atoms with Gasteiger partial charge in [-0.15, -0.1) is 11.3 Å². The van der Waals surface area contributed by atoms with E-state index < -0.39 is 23.4 Å². The van der Waals surface area contributed by atoms with Gasteiger partial charge in [-0.1, -0.05) is 6.92 Å². The second-order valence-corrected chi connectivity index (χ2v) is 5.12. The van der Waals surface area contributed by atoms with Gasteiger partial charge in [0, 0.05) is 4.88 Å². The number of carboxylic acid groups (broad SMARTS) is 1. The van der Waals surface area contributed by atoms with Gasteiger partial charge in [-0.2, -0.15) is 0 Å². The predicted molar refractivity (Wildman–Crippen MR) is 66.3 cm³/mol. The van der Waals surface area contributed by atoms with Crippen LogP contribution >= 0.6 is 11.3 Å². The quantitative estimate of drug-likeness (QED) is 0.908. The number of hydrogen-bond donors (Lipinski definition) is 1. The molecule has 0 aliphatic heterocycles. The van der Waals surface area contributed by atoms with E-state index in [0.29, 0.717) is 5.52 Å². The maximum atomic E-state index is 11.7. The molecular formula is C11H11NO5S. The summed E-state index contributed by atoms with van der Waals surface area (Å²) in [6.45, 7) is 3.43. The molecule has 1 N–H and O–H groups in total. The number of carbonyl (C=O) groups is 1. The number of fused-ring (bicyclic) bond motifs is 1. The minimum absolute atomic E-state index is 0.229. The van der Waals surface area contributed by atoms with Crippen LogP contribution in [0.25, 0.3) is 10.2 Å². The standard InChI is InChI=1S/C11H11NO5S/c1-3-6(9(13)14)12-7-4-5(2)18-8(7)10(15)17-11(12)16/h4,6H,3H2,1-2H3,(H,13,14). The molecule has 0 bridgehead atoms. The molecule has 0 saturated carbocycles. The van der Waals surface area contributed by atoms with Crippen LogP contribution in [0.3, 0.4) is 0 Å². The summed E-state index contributed by atoms with van der Waals surface area (Å²) in [5.41, 5.74) is -0.391. The van der Waals surface area contributed by atoms with Gasteiger partial charge in [0.25, 0.3) is 0 Å². The largest absolute Gasteiger partial charge is 0.480 e. The second-order valence-electron chi connectivity index (χ2n) is 3.86. The molecule has 2 aromatic rings. The maximum Gasteiger partial charge on any atom is 0.423 e. The Labute approximate surface area is 105 Å². The highest BCUT2D eigenvalue weighted by molar-refractivity contribution is 7.18. The first kappa shape index (κ1) is 12.6. The summed E-state index contributed by atoms with van der Waals surface area (Å²) in [5.74, 6) is -2.06. The van der Waals surface area contributed by atoms with Gasteiger partial charge in [0.05, 0.1) is 5.52 Å². The van der Waals surface area contributed by atoms with Crippen molar-refractivity contribution in [2.45, 2.75) is 26.3 Å². The van der Waals surface area contributed by atoms with Gasteiger partial charge in [0.1, 0.15) is 10.7 Å². The molecule has 18 heavy (non-hydrogen) atoms. The average Bonchev–Trinajstić information content (AvgIpc) is 2.65. The summed E-state index contributed by atoms with van der Waals surface area (Å²) in [5, 5.41) is 9.11. The summed E-state index contributed by atoms with van der Waals surface area (Å²) in [6.07, 6.45) is 0.229. The molecule has 0 amide bonds. The van der Waals surface area contributed by atoms with Crippen molar-refractivity contribution < 1.29 is 14.3 Å². The fourth-order valence-corrected chi connectivity index (χ4v) is 2.74. The van der Waals surface area contributed by atoms with Crippen LogP contribution in [-0.2, 0) is 4.79 Å². The lowest BCUT2D eigenvalue weighted by molar-refractivity contribution is -0.141. The molecule has 1 atom stereocenters. The molecule has 0 saturated heterocycles. The Morgan fingerprint density at radius 1 is 1.56 bits per heavy atom. The van der Waals surface area contributed by atoms with E-state index in [2.05, 4.69) is 4.42 Å². The molecule has 96 valence electrons. The Morgan fingerprint density at radius 3 is 2.78 bits per heavy atom.